The van der Waals surface area contributed by atoms with Gasteiger partial charge in [0.15, 0.2) is 0 Å². The molecule has 362 valence electrons. The number of sulfonamides is 2. The molecule has 2 aliphatic heterocycles. The van der Waals surface area contributed by atoms with Crippen LogP contribution in [0.2, 0.25) is 0 Å². The number of pyridine rings is 1. The van der Waals surface area contributed by atoms with Crippen LogP contribution in [0.3, 0.4) is 0 Å². The number of hydrogen-bond donors (Lipinski definition) is 5. The number of anilines is 3. The van der Waals surface area contributed by atoms with Gasteiger partial charge in [-0.25, -0.2) is 31.8 Å². The van der Waals surface area contributed by atoms with Gasteiger partial charge in [0.2, 0.25) is 5.95 Å². The van der Waals surface area contributed by atoms with Gasteiger partial charge in [-0.2, -0.15) is 8.61 Å². The van der Waals surface area contributed by atoms with E-state index in [0.717, 1.165) is 22.7 Å². The standard InChI is InChI=1S/C22H24N6O5S2.C21H22N6O5S2/c23-19-5-2-10-24-21(19)26-16-8-11-27(12-9-16)35(32,33)20-7-6-18(34-20)14-25-22(29)15-3-1-4-17(13-15)28(30)31;28-20(15-3-1-4-17(13-15)27(29)30)24-14-18-5-6-19(33-18)34(31,32)26-11-7-16(8-12-26)25-21-22-9-2-10-23-21/h1-7,10,13,16H,8-9,11-12,14,23H2,(H,24,26)(H,25,29);1-6,9-10,13,16H,7-8,11-12,14H2,(H,24,28)(H,22,23,25). The summed E-state index contributed by atoms with van der Waals surface area (Å²) >= 11 is 2.18. The Morgan fingerprint density at radius 3 is 1.52 bits per heavy atom. The van der Waals surface area contributed by atoms with Gasteiger partial charge in [-0.3, -0.25) is 29.8 Å². The second-order valence-corrected chi connectivity index (χ2v) is 22.2. The zero-order valence-corrected chi connectivity index (χ0v) is 39.8. The smallest absolute Gasteiger partial charge is 0.270 e. The van der Waals surface area contributed by atoms with E-state index < -0.39 is 41.7 Å². The highest BCUT2D eigenvalue weighted by atomic mass is 32.3. The molecule has 0 bridgehead atoms. The van der Waals surface area contributed by atoms with Crippen molar-refractivity contribution in [3.8, 4) is 0 Å². The van der Waals surface area contributed by atoms with Crippen molar-refractivity contribution in [1.29, 1.82) is 0 Å². The summed E-state index contributed by atoms with van der Waals surface area (Å²) in [5, 5.41) is 33.6. The minimum atomic E-state index is -3.66. The van der Waals surface area contributed by atoms with E-state index in [4.69, 9.17) is 5.73 Å². The summed E-state index contributed by atoms with van der Waals surface area (Å²) in [6.45, 7) is 1.71. The molecule has 2 aromatic carbocycles. The summed E-state index contributed by atoms with van der Waals surface area (Å²) in [6.07, 6.45) is 7.45. The second-order valence-electron chi connectivity index (χ2n) is 15.6. The molecule has 2 fully saturated rings. The van der Waals surface area contributed by atoms with Gasteiger partial charge in [0.05, 0.1) is 28.6 Å². The highest BCUT2D eigenvalue weighted by Crippen LogP contribution is 2.30. The van der Waals surface area contributed by atoms with Gasteiger partial charge < -0.3 is 27.0 Å². The molecule has 4 aromatic heterocycles. The van der Waals surface area contributed by atoms with Crippen molar-refractivity contribution in [2.45, 2.75) is 59.3 Å². The third-order valence-corrected chi connectivity index (χ3v) is 17.8. The molecule has 0 aliphatic carbocycles. The highest BCUT2D eigenvalue weighted by molar-refractivity contribution is 7.91. The number of thiophene rings is 2. The van der Waals surface area contributed by atoms with Crippen molar-refractivity contribution in [1.82, 2.24) is 34.2 Å². The number of nitrogen functional groups attached to an aromatic ring is 1. The molecule has 6 heterocycles. The topological polar surface area (TPSA) is 308 Å². The lowest BCUT2D eigenvalue weighted by atomic mass is 10.1. The fourth-order valence-electron chi connectivity index (χ4n) is 7.27. The molecule has 6 N–H and O–H groups in total. The number of rotatable bonds is 16. The molecule has 26 heteroatoms. The average molecular weight is 1020 g/mol. The summed E-state index contributed by atoms with van der Waals surface area (Å²) in [5.74, 6) is 0.177. The first-order chi connectivity index (χ1) is 33.1. The number of nitro groups is 2. The molecule has 69 heavy (non-hydrogen) atoms. The van der Waals surface area contributed by atoms with Crippen LogP contribution in [0.15, 0.2) is 118 Å². The van der Waals surface area contributed by atoms with Crippen LogP contribution in [-0.4, -0.2) is 100 Å². The van der Waals surface area contributed by atoms with Crippen LogP contribution in [-0.2, 0) is 33.1 Å². The first-order valence-electron chi connectivity index (χ1n) is 21.3. The number of carbonyl (C=O) groups excluding carboxylic acids is 2. The zero-order valence-electron chi connectivity index (χ0n) is 36.5. The molecule has 2 saturated heterocycles. The number of hydrogen-bond acceptors (Lipinski definition) is 18. The molecule has 6 aromatic rings. The molecule has 0 saturated carbocycles. The molecular formula is C43H46N12O10S4. The Balaban J connectivity index is 0.000000204. The van der Waals surface area contributed by atoms with Crippen molar-refractivity contribution in [3.05, 3.63) is 151 Å². The summed E-state index contributed by atoms with van der Waals surface area (Å²) in [6, 6.07) is 22.6. The number of benzene rings is 2. The van der Waals surface area contributed by atoms with Gasteiger partial charge in [0.25, 0.3) is 43.2 Å². The number of aromatic nitrogens is 3. The lowest BCUT2D eigenvalue weighted by Gasteiger charge is -2.31. The van der Waals surface area contributed by atoms with Gasteiger partial charge in [0, 0.05) is 102 Å². The number of nitrogens with one attached hydrogen (secondary N) is 4. The van der Waals surface area contributed by atoms with Gasteiger partial charge in [-0.15, -0.1) is 22.7 Å². The zero-order chi connectivity index (χ0) is 49.1. The van der Waals surface area contributed by atoms with E-state index >= 15 is 0 Å². The minimum Gasteiger partial charge on any atom is -0.396 e. The molecule has 2 amide bonds. The van der Waals surface area contributed by atoms with Crippen molar-refractivity contribution in [2.24, 2.45) is 0 Å². The normalized spacial score (nSPS) is 15.0. The van der Waals surface area contributed by atoms with Crippen LogP contribution in [0.1, 0.15) is 56.2 Å². The maximum absolute atomic E-state index is 13.1. The van der Waals surface area contributed by atoms with Gasteiger partial charge in [-0.1, -0.05) is 12.1 Å². The Morgan fingerprint density at radius 2 is 1.07 bits per heavy atom. The summed E-state index contributed by atoms with van der Waals surface area (Å²) in [7, 11) is -7.29. The molecule has 0 atom stereocenters. The van der Waals surface area contributed by atoms with Gasteiger partial charge >= 0.3 is 0 Å². The number of nitrogens with zero attached hydrogens (tertiary/aromatic N) is 7. The average Bonchev–Trinajstić information content (AvgIpc) is 4.06. The van der Waals surface area contributed by atoms with Crippen LogP contribution in [0, 0.1) is 20.2 Å². The lowest BCUT2D eigenvalue weighted by molar-refractivity contribution is -0.385. The van der Waals surface area contributed by atoms with Crippen LogP contribution < -0.4 is 27.0 Å². The molecule has 8 rings (SSSR count). The number of carbonyl (C=O) groups is 2. The number of amides is 2. The molecular weight excluding hydrogens is 973 g/mol. The fraction of sp³-hybridized carbons (Fsp3) is 0.279. The largest absolute Gasteiger partial charge is 0.396 e. The van der Waals surface area contributed by atoms with Crippen LogP contribution in [0.4, 0.5) is 28.8 Å². The second kappa shape index (κ2) is 22.4. The first-order valence-corrected chi connectivity index (χ1v) is 25.8. The minimum absolute atomic E-state index is 0.0709. The quantitative estimate of drug-likeness (QED) is 0.0593. The lowest BCUT2D eigenvalue weighted by Crippen LogP contribution is -2.42. The number of nitro benzene ring substituents is 2. The Kier molecular flexibility index (Phi) is 16.2. The summed E-state index contributed by atoms with van der Waals surface area (Å²) in [5.41, 5.74) is 6.44. The predicted molar refractivity (Wildman–Crippen MR) is 259 cm³/mol. The third kappa shape index (κ3) is 13.0. The summed E-state index contributed by atoms with van der Waals surface area (Å²) < 4.78 is 55.7. The molecule has 0 unspecified atom stereocenters. The van der Waals surface area contributed by atoms with Crippen molar-refractivity contribution in [3.63, 3.8) is 0 Å². The van der Waals surface area contributed by atoms with Gasteiger partial charge in [-0.05, 0) is 80.3 Å². The van der Waals surface area contributed by atoms with E-state index in [0.29, 0.717) is 79.1 Å². The third-order valence-electron chi connectivity index (χ3n) is 10.9. The SMILES string of the molecule is Nc1cccnc1NC1CCN(S(=O)(=O)c2ccc(CNC(=O)c3cccc([N+](=O)[O-])c3)s2)CC1.O=C(NCc1ccc(S(=O)(=O)N2CCC(Nc3ncccn3)CC2)s1)c1cccc([N+](=O)[O-])c1. The Bertz CT molecular complexity index is 3010. The highest BCUT2D eigenvalue weighted by Gasteiger charge is 2.32. The summed E-state index contributed by atoms with van der Waals surface area (Å²) in [4.78, 5) is 59.2. The number of nitrogens with two attached hydrogens (primary N) is 1. The van der Waals surface area contributed by atoms with Crippen molar-refractivity contribution in [2.75, 3.05) is 42.5 Å². The Hall–Kier alpha value is -6.97. The van der Waals surface area contributed by atoms with E-state index in [1.54, 1.807) is 48.9 Å². The molecule has 2 aliphatic rings. The number of non-ortho nitro benzene ring substituents is 2. The van der Waals surface area contributed by atoms with E-state index in [2.05, 4.69) is 36.2 Å². The van der Waals surface area contributed by atoms with Crippen molar-refractivity contribution >= 4 is 83.4 Å². The van der Waals surface area contributed by atoms with Crippen LogP contribution >= 0.6 is 22.7 Å². The maximum Gasteiger partial charge on any atom is 0.270 e. The number of piperidine rings is 2. The van der Waals surface area contributed by atoms with E-state index in [9.17, 15) is 46.7 Å². The predicted octanol–water partition coefficient (Wildman–Crippen LogP) is 5.47. The first kappa shape index (κ1) is 49.9. The molecule has 0 spiro atoms. The van der Waals surface area contributed by atoms with E-state index in [-0.39, 0.29) is 56.1 Å². The molecule has 22 nitrogen and oxygen atoms in total. The van der Waals surface area contributed by atoms with Crippen LogP contribution in [0.25, 0.3) is 0 Å². The van der Waals surface area contributed by atoms with Crippen molar-refractivity contribution < 1.29 is 36.3 Å². The maximum atomic E-state index is 13.1. The Morgan fingerprint density at radius 1 is 0.623 bits per heavy atom. The van der Waals surface area contributed by atoms with E-state index in [1.807, 2.05) is 0 Å². The molecule has 0 radical (unpaired) electrons. The van der Waals surface area contributed by atoms with Crippen LogP contribution in [0.5, 0.6) is 0 Å². The Labute approximate surface area is 404 Å². The van der Waals surface area contributed by atoms with Gasteiger partial charge in [0.1, 0.15) is 14.2 Å². The monoisotopic (exact) mass is 1020 g/mol. The fourth-order valence-corrected chi connectivity index (χ4v) is 13.1. The van der Waals surface area contributed by atoms with E-state index in [1.165, 1.54) is 69.3 Å².